The summed E-state index contributed by atoms with van der Waals surface area (Å²) in [5.74, 6) is 0.291. The Morgan fingerprint density at radius 2 is 2.43 bits per heavy atom. The number of nitrogens with zero attached hydrogens (tertiary/aromatic N) is 1. The number of Topliss-reactive ketones (excluding diaryl/α,β-unsaturated/α-hetero) is 1. The van der Waals surface area contributed by atoms with E-state index in [2.05, 4.69) is 17.9 Å². The van der Waals surface area contributed by atoms with Crippen molar-refractivity contribution >= 4 is 5.78 Å². The number of ketones is 1. The molecule has 0 radical (unpaired) electrons. The first-order valence-electron chi connectivity index (χ1n) is 5.33. The Labute approximate surface area is 86.3 Å². The monoisotopic (exact) mass is 193 g/mol. The highest BCUT2D eigenvalue weighted by Crippen LogP contribution is 2.13. The average Bonchev–Trinajstić information content (AvgIpc) is 2.26. The normalized spacial score (nSPS) is 18.6. The van der Waals surface area contributed by atoms with Gasteiger partial charge < -0.3 is 0 Å². The second-order valence-electron chi connectivity index (χ2n) is 3.57. The lowest BCUT2D eigenvalue weighted by atomic mass is 10.0. The van der Waals surface area contributed by atoms with Crippen molar-refractivity contribution in [3.05, 3.63) is 23.8 Å². The van der Waals surface area contributed by atoms with Crippen molar-refractivity contribution in [3.63, 3.8) is 0 Å². The topological polar surface area (TPSA) is 20.3 Å². The first-order valence-corrected chi connectivity index (χ1v) is 5.33. The Kier molecular flexibility index (Phi) is 4.60. The molecule has 0 saturated carbocycles. The first-order chi connectivity index (χ1) is 6.77. The van der Waals surface area contributed by atoms with Crippen LogP contribution in [-0.4, -0.2) is 30.3 Å². The van der Waals surface area contributed by atoms with Crippen LogP contribution >= 0.6 is 0 Å². The van der Waals surface area contributed by atoms with Gasteiger partial charge in [-0.1, -0.05) is 25.2 Å². The van der Waals surface area contributed by atoms with Crippen LogP contribution in [0.25, 0.3) is 0 Å². The zero-order valence-electron chi connectivity index (χ0n) is 9.12. The van der Waals surface area contributed by atoms with Crippen molar-refractivity contribution in [1.29, 1.82) is 0 Å². The molecule has 0 aromatic heterocycles. The van der Waals surface area contributed by atoms with Crippen molar-refractivity contribution in [2.45, 2.75) is 26.7 Å². The molecule has 0 amide bonds. The molecule has 0 fully saturated rings. The van der Waals surface area contributed by atoms with E-state index in [-0.39, 0.29) is 0 Å². The number of carbonyl (C=O) groups excluding carboxylic acids is 1. The fourth-order valence-electron chi connectivity index (χ4n) is 1.61. The molecule has 2 heteroatoms. The third-order valence-corrected chi connectivity index (χ3v) is 2.64. The Balaban J connectivity index is 2.46. The minimum absolute atomic E-state index is 0.291. The van der Waals surface area contributed by atoms with Gasteiger partial charge in [0, 0.05) is 19.5 Å². The summed E-state index contributed by atoms with van der Waals surface area (Å²) >= 11 is 0. The van der Waals surface area contributed by atoms with Crippen LogP contribution in [0.2, 0.25) is 0 Å². The minimum atomic E-state index is 0.291. The Morgan fingerprint density at radius 1 is 1.64 bits per heavy atom. The number of rotatable bonds is 4. The van der Waals surface area contributed by atoms with E-state index < -0.39 is 0 Å². The zero-order chi connectivity index (χ0) is 10.4. The van der Waals surface area contributed by atoms with Crippen molar-refractivity contribution in [3.8, 4) is 0 Å². The van der Waals surface area contributed by atoms with E-state index in [9.17, 15) is 4.79 Å². The maximum Gasteiger partial charge on any atom is 0.162 e. The summed E-state index contributed by atoms with van der Waals surface area (Å²) in [6.45, 7) is 7.14. The number of likely N-dealkylation sites (N-methyl/N-ethyl adjacent to an activating group) is 1. The Morgan fingerprint density at radius 3 is 2.93 bits per heavy atom. The predicted molar refractivity (Wildman–Crippen MR) is 59.3 cm³/mol. The molecule has 0 aromatic rings. The van der Waals surface area contributed by atoms with E-state index in [1.165, 1.54) is 0 Å². The molecule has 1 heterocycles. The molecule has 0 N–H and O–H groups in total. The summed E-state index contributed by atoms with van der Waals surface area (Å²) in [7, 11) is 0. The summed E-state index contributed by atoms with van der Waals surface area (Å²) in [5, 5.41) is 0. The van der Waals surface area contributed by atoms with Crippen LogP contribution in [0, 0.1) is 0 Å². The van der Waals surface area contributed by atoms with Crippen LogP contribution in [0.5, 0.6) is 0 Å². The van der Waals surface area contributed by atoms with Crippen molar-refractivity contribution in [2.75, 3.05) is 19.6 Å². The molecule has 78 valence electrons. The average molecular weight is 193 g/mol. The van der Waals surface area contributed by atoms with Gasteiger partial charge in [0.2, 0.25) is 0 Å². The van der Waals surface area contributed by atoms with Crippen LogP contribution in [0.4, 0.5) is 0 Å². The molecule has 0 bridgehead atoms. The molecule has 1 rings (SSSR count). The second-order valence-corrected chi connectivity index (χ2v) is 3.57. The van der Waals surface area contributed by atoms with Gasteiger partial charge in [-0.15, -0.1) is 0 Å². The van der Waals surface area contributed by atoms with E-state index in [4.69, 9.17) is 0 Å². The summed E-state index contributed by atoms with van der Waals surface area (Å²) in [6.07, 6.45) is 7.42. The summed E-state index contributed by atoms with van der Waals surface area (Å²) < 4.78 is 0. The van der Waals surface area contributed by atoms with Crippen molar-refractivity contribution < 1.29 is 4.79 Å². The molecule has 1 aliphatic rings. The molecule has 0 unspecified atom stereocenters. The van der Waals surface area contributed by atoms with Crippen molar-refractivity contribution in [1.82, 2.24) is 4.90 Å². The largest absolute Gasteiger partial charge is 0.300 e. The Hall–Kier alpha value is -0.890. The van der Waals surface area contributed by atoms with Gasteiger partial charge in [0.15, 0.2) is 5.78 Å². The van der Waals surface area contributed by atoms with Crippen LogP contribution in [0.1, 0.15) is 26.7 Å². The predicted octanol–water partition coefficient (Wildman–Crippen LogP) is 2.17. The maximum atomic E-state index is 11.6. The maximum absolute atomic E-state index is 11.6. The standard InChI is InChI=1S/C12H19NO/c1-3-5-6-12(14)11-7-9-13(4-2)10-8-11/h3,5,7H,4,6,8-10H2,1-2H3. The molecule has 1 aliphatic heterocycles. The van der Waals surface area contributed by atoms with E-state index in [1.807, 2.05) is 19.1 Å². The van der Waals surface area contributed by atoms with Crippen LogP contribution < -0.4 is 0 Å². The van der Waals surface area contributed by atoms with Gasteiger partial charge in [-0.3, -0.25) is 9.69 Å². The number of allylic oxidation sites excluding steroid dienone is 2. The van der Waals surface area contributed by atoms with Gasteiger partial charge in [0.05, 0.1) is 0 Å². The highest BCUT2D eigenvalue weighted by Gasteiger charge is 2.14. The number of hydrogen-bond donors (Lipinski definition) is 0. The molecule has 0 aliphatic carbocycles. The molecule has 14 heavy (non-hydrogen) atoms. The van der Waals surface area contributed by atoms with E-state index in [0.29, 0.717) is 12.2 Å². The SMILES string of the molecule is CC=CCC(=O)C1=CCN(CC)CC1. The van der Waals surface area contributed by atoms with Gasteiger partial charge in [-0.05, 0) is 25.5 Å². The lowest BCUT2D eigenvalue weighted by Gasteiger charge is -2.23. The van der Waals surface area contributed by atoms with Crippen LogP contribution in [0.15, 0.2) is 23.8 Å². The second kappa shape index (κ2) is 5.76. The molecule has 0 atom stereocenters. The highest BCUT2D eigenvalue weighted by atomic mass is 16.1. The van der Waals surface area contributed by atoms with Crippen LogP contribution in [0.3, 0.4) is 0 Å². The fourth-order valence-corrected chi connectivity index (χ4v) is 1.61. The third kappa shape index (κ3) is 3.11. The fraction of sp³-hybridized carbons (Fsp3) is 0.583. The highest BCUT2D eigenvalue weighted by molar-refractivity contribution is 5.96. The van der Waals surface area contributed by atoms with E-state index in [1.54, 1.807) is 0 Å². The lowest BCUT2D eigenvalue weighted by Crippen LogP contribution is -2.29. The lowest BCUT2D eigenvalue weighted by molar-refractivity contribution is -0.115. The minimum Gasteiger partial charge on any atom is -0.300 e. The van der Waals surface area contributed by atoms with Gasteiger partial charge >= 0.3 is 0 Å². The molecule has 0 saturated heterocycles. The van der Waals surface area contributed by atoms with Gasteiger partial charge in [-0.2, -0.15) is 0 Å². The summed E-state index contributed by atoms with van der Waals surface area (Å²) in [6, 6.07) is 0. The molecular formula is C12H19NO. The molecule has 2 nitrogen and oxygen atoms in total. The van der Waals surface area contributed by atoms with Crippen LogP contribution in [-0.2, 0) is 4.79 Å². The molecular weight excluding hydrogens is 174 g/mol. The smallest absolute Gasteiger partial charge is 0.162 e. The summed E-state index contributed by atoms with van der Waals surface area (Å²) in [4.78, 5) is 14.0. The summed E-state index contributed by atoms with van der Waals surface area (Å²) in [5.41, 5.74) is 1.02. The number of hydrogen-bond acceptors (Lipinski definition) is 2. The molecule has 0 spiro atoms. The quantitative estimate of drug-likeness (QED) is 0.638. The van der Waals surface area contributed by atoms with Crippen molar-refractivity contribution in [2.24, 2.45) is 0 Å². The number of carbonyl (C=O) groups is 1. The van der Waals surface area contributed by atoms with Gasteiger partial charge in [0.25, 0.3) is 0 Å². The van der Waals surface area contributed by atoms with E-state index in [0.717, 1.165) is 31.6 Å². The first kappa shape index (κ1) is 11.2. The molecule has 0 aromatic carbocycles. The third-order valence-electron chi connectivity index (χ3n) is 2.64. The van der Waals surface area contributed by atoms with E-state index >= 15 is 0 Å². The Bertz CT molecular complexity index is 253. The van der Waals surface area contributed by atoms with Gasteiger partial charge in [0.1, 0.15) is 0 Å². The van der Waals surface area contributed by atoms with Gasteiger partial charge in [-0.25, -0.2) is 0 Å². The zero-order valence-corrected chi connectivity index (χ0v) is 9.12.